The Labute approximate surface area is 101 Å². The lowest BCUT2D eigenvalue weighted by atomic mass is 9.98. The van der Waals surface area contributed by atoms with Gasteiger partial charge in [0.1, 0.15) is 5.82 Å². The molecule has 3 N–H and O–H groups in total. The molecule has 0 saturated carbocycles. The molecular weight excluding hydrogens is 219 g/mol. The third-order valence-corrected chi connectivity index (χ3v) is 2.97. The molecule has 94 valence electrons. The second kappa shape index (κ2) is 5.27. The van der Waals surface area contributed by atoms with Crippen LogP contribution in [0.4, 0.5) is 4.39 Å². The molecule has 2 unspecified atom stereocenters. The van der Waals surface area contributed by atoms with E-state index in [4.69, 9.17) is 5.73 Å². The molecule has 0 aromatic heterocycles. The topological polar surface area (TPSA) is 55.1 Å². The second-order valence-corrected chi connectivity index (χ2v) is 4.49. The van der Waals surface area contributed by atoms with Gasteiger partial charge in [0.25, 0.3) is 0 Å². The average Bonchev–Trinajstić information content (AvgIpc) is 2.29. The van der Waals surface area contributed by atoms with E-state index >= 15 is 0 Å². The van der Waals surface area contributed by atoms with Gasteiger partial charge < -0.3 is 11.1 Å². The van der Waals surface area contributed by atoms with Gasteiger partial charge in [-0.05, 0) is 26.3 Å². The Hall–Kier alpha value is -1.42. The van der Waals surface area contributed by atoms with Crippen molar-refractivity contribution in [3.8, 4) is 0 Å². The van der Waals surface area contributed by atoms with E-state index in [1.165, 1.54) is 6.07 Å². The predicted molar refractivity (Wildman–Crippen MR) is 65.8 cm³/mol. The lowest BCUT2D eigenvalue weighted by Crippen LogP contribution is -2.51. The summed E-state index contributed by atoms with van der Waals surface area (Å²) >= 11 is 0. The summed E-state index contributed by atoms with van der Waals surface area (Å²) in [5.41, 5.74) is 5.37. The zero-order chi connectivity index (χ0) is 13.1. The van der Waals surface area contributed by atoms with Crippen molar-refractivity contribution in [2.75, 3.05) is 0 Å². The Bertz CT molecular complexity index is 404. The molecular formula is C13H19FN2O. The van der Waals surface area contributed by atoms with E-state index in [0.29, 0.717) is 12.0 Å². The minimum Gasteiger partial charge on any atom is -0.348 e. The zero-order valence-corrected chi connectivity index (χ0v) is 10.5. The molecule has 1 rings (SSSR count). The van der Waals surface area contributed by atoms with Crippen molar-refractivity contribution in [1.29, 1.82) is 0 Å². The molecule has 0 aliphatic rings. The monoisotopic (exact) mass is 238 g/mol. The highest BCUT2D eigenvalue weighted by atomic mass is 19.1. The molecule has 0 aliphatic carbocycles. The summed E-state index contributed by atoms with van der Waals surface area (Å²) in [5.74, 6) is -0.591. The van der Waals surface area contributed by atoms with E-state index < -0.39 is 11.6 Å². The second-order valence-electron chi connectivity index (χ2n) is 4.49. The minimum atomic E-state index is -0.917. The normalized spacial score (nSPS) is 16.1. The van der Waals surface area contributed by atoms with E-state index in [2.05, 4.69) is 5.32 Å². The molecule has 0 spiro atoms. The highest BCUT2D eigenvalue weighted by molar-refractivity contribution is 5.85. The van der Waals surface area contributed by atoms with Crippen molar-refractivity contribution in [3.05, 3.63) is 35.6 Å². The fourth-order valence-corrected chi connectivity index (χ4v) is 1.43. The standard InChI is InChI=1S/C13H19FN2O/c1-4-13(3,15)12(17)16-9(2)10-7-5-6-8-11(10)14/h5-9H,4,15H2,1-3H3,(H,16,17). The smallest absolute Gasteiger partial charge is 0.240 e. The molecule has 1 aromatic rings. The van der Waals surface area contributed by atoms with E-state index in [1.54, 1.807) is 32.0 Å². The fraction of sp³-hybridized carbons (Fsp3) is 0.462. The maximum absolute atomic E-state index is 13.5. The summed E-state index contributed by atoms with van der Waals surface area (Å²) in [7, 11) is 0. The van der Waals surface area contributed by atoms with Crippen molar-refractivity contribution in [2.24, 2.45) is 5.73 Å². The van der Waals surface area contributed by atoms with E-state index in [0.717, 1.165) is 0 Å². The van der Waals surface area contributed by atoms with Crippen LogP contribution in [-0.4, -0.2) is 11.4 Å². The van der Waals surface area contributed by atoms with Gasteiger partial charge >= 0.3 is 0 Å². The summed E-state index contributed by atoms with van der Waals surface area (Å²) in [5, 5.41) is 2.72. The van der Waals surface area contributed by atoms with Gasteiger partial charge in [-0.25, -0.2) is 4.39 Å². The molecule has 2 atom stereocenters. The molecule has 0 fully saturated rings. The first kappa shape index (κ1) is 13.6. The Kier molecular flexibility index (Phi) is 4.23. The number of carbonyl (C=O) groups excluding carboxylic acids is 1. The third-order valence-electron chi connectivity index (χ3n) is 2.97. The molecule has 0 radical (unpaired) electrons. The first-order valence-corrected chi connectivity index (χ1v) is 5.72. The first-order chi connectivity index (χ1) is 7.88. The van der Waals surface area contributed by atoms with Crippen LogP contribution in [0.1, 0.15) is 38.8 Å². The van der Waals surface area contributed by atoms with Crippen LogP contribution in [0.3, 0.4) is 0 Å². The van der Waals surface area contributed by atoms with Crippen LogP contribution in [0.25, 0.3) is 0 Å². The van der Waals surface area contributed by atoms with E-state index in [1.807, 2.05) is 6.92 Å². The predicted octanol–water partition coefficient (Wildman–Crippen LogP) is 2.13. The Morgan fingerprint density at radius 2 is 2.12 bits per heavy atom. The van der Waals surface area contributed by atoms with Crippen LogP contribution >= 0.6 is 0 Å². The highest BCUT2D eigenvalue weighted by Crippen LogP contribution is 2.17. The summed E-state index contributed by atoms with van der Waals surface area (Å²) in [4.78, 5) is 11.8. The summed E-state index contributed by atoms with van der Waals surface area (Å²) in [6.07, 6.45) is 0.531. The van der Waals surface area contributed by atoms with Crippen LogP contribution in [-0.2, 0) is 4.79 Å². The van der Waals surface area contributed by atoms with Gasteiger partial charge in [-0.15, -0.1) is 0 Å². The van der Waals surface area contributed by atoms with Crippen LogP contribution < -0.4 is 11.1 Å². The minimum absolute atomic E-state index is 0.268. The number of carbonyl (C=O) groups is 1. The van der Waals surface area contributed by atoms with Gasteiger partial charge in [0.05, 0.1) is 11.6 Å². The molecule has 4 heteroatoms. The van der Waals surface area contributed by atoms with E-state index in [9.17, 15) is 9.18 Å². The molecule has 0 aliphatic heterocycles. The summed E-state index contributed by atoms with van der Waals surface area (Å²) < 4.78 is 13.5. The van der Waals surface area contributed by atoms with Gasteiger partial charge in [-0.3, -0.25) is 4.79 Å². The molecule has 0 saturated heterocycles. The summed E-state index contributed by atoms with van der Waals surface area (Å²) in [6, 6.07) is 5.99. The van der Waals surface area contributed by atoms with Gasteiger partial charge in [-0.1, -0.05) is 25.1 Å². The van der Waals surface area contributed by atoms with Crippen molar-refractivity contribution < 1.29 is 9.18 Å². The number of rotatable bonds is 4. The SMILES string of the molecule is CCC(C)(N)C(=O)NC(C)c1ccccc1F. The number of benzene rings is 1. The van der Waals surface area contributed by atoms with Crippen LogP contribution in [0.5, 0.6) is 0 Å². The molecule has 3 nitrogen and oxygen atoms in total. The maximum atomic E-state index is 13.5. The van der Waals surface area contributed by atoms with Crippen molar-refractivity contribution >= 4 is 5.91 Å². The van der Waals surface area contributed by atoms with E-state index in [-0.39, 0.29) is 11.7 Å². The van der Waals surface area contributed by atoms with Gasteiger partial charge in [0, 0.05) is 5.56 Å². The largest absolute Gasteiger partial charge is 0.348 e. The van der Waals surface area contributed by atoms with Crippen LogP contribution in [0.2, 0.25) is 0 Å². The molecule has 17 heavy (non-hydrogen) atoms. The van der Waals surface area contributed by atoms with Gasteiger partial charge in [0.15, 0.2) is 0 Å². The van der Waals surface area contributed by atoms with Crippen LogP contribution in [0.15, 0.2) is 24.3 Å². The Balaban J connectivity index is 2.77. The number of hydrogen-bond donors (Lipinski definition) is 2. The maximum Gasteiger partial charge on any atom is 0.240 e. The zero-order valence-electron chi connectivity index (χ0n) is 10.5. The molecule has 1 amide bonds. The molecule has 0 bridgehead atoms. The fourth-order valence-electron chi connectivity index (χ4n) is 1.43. The lowest BCUT2D eigenvalue weighted by molar-refractivity contribution is -0.126. The first-order valence-electron chi connectivity index (χ1n) is 5.72. The third kappa shape index (κ3) is 3.27. The number of amides is 1. The van der Waals surface area contributed by atoms with Crippen molar-refractivity contribution in [1.82, 2.24) is 5.32 Å². The number of nitrogens with one attached hydrogen (secondary N) is 1. The van der Waals surface area contributed by atoms with Gasteiger partial charge in [0.2, 0.25) is 5.91 Å². The Morgan fingerprint density at radius 3 is 2.65 bits per heavy atom. The van der Waals surface area contributed by atoms with Crippen molar-refractivity contribution in [2.45, 2.75) is 38.8 Å². The Morgan fingerprint density at radius 1 is 1.53 bits per heavy atom. The quantitative estimate of drug-likeness (QED) is 0.844. The molecule has 0 heterocycles. The van der Waals surface area contributed by atoms with Crippen LogP contribution in [0, 0.1) is 5.82 Å². The molecule has 1 aromatic carbocycles. The summed E-state index contributed by atoms with van der Waals surface area (Å²) in [6.45, 7) is 5.24. The number of halogens is 1. The average molecular weight is 238 g/mol. The lowest BCUT2D eigenvalue weighted by Gasteiger charge is -2.24. The van der Waals surface area contributed by atoms with Gasteiger partial charge in [-0.2, -0.15) is 0 Å². The van der Waals surface area contributed by atoms with Crippen molar-refractivity contribution in [3.63, 3.8) is 0 Å². The highest BCUT2D eigenvalue weighted by Gasteiger charge is 2.27. The number of nitrogens with two attached hydrogens (primary N) is 1. The number of hydrogen-bond acceptors (Lipinski definition) is 2.